The van der Waals surface area contributed by atoms with E-state index in [9.17, 15) is 4.79 Å². The van der Waals surface area contributed by atoms with Gasteiger partial charge in [-0.2, -0.15) is 0 Å². The molecule has 0 amide bonds. The van der Waals surface area contributed by atoms with Gasteiger partial charge in [0.15, 0.2) is 0 Å². The molecule has 0 unspecified atom stereocenters. The molecule has 1 aromatic heterocycles. The molecule has 3 N–H and O–H groups in total. The van der Waals surface area contributed by atoms with E-state index in [0.717, 1.165) is 4.90 Å². The number of rotatable bonds is 5. The topological polar surface area (TPSA) is 76.2 Å². The normalized spacial score (nSPS) is 11.4. The van der Waals surface area contributed by atoms with Crippen molar-refractivity contribution in [3.63, 3.8) is 0 Å². The van der Waals surface area contributed by atoms with E-state index in [1.54, 1.807) is 18.5 Å². The fourth-order valence-electron chi connectivity index (χ4n) is 1.14. The molecule has 1 heterocycles. The number of carbonyl (C=O) groups is 1. The van der Waals surface area contributed by atoms with Crippen LogP contribution < -0.4 is 5.73 Å². The lowest BCUT2D eigenvalue weighted by molar-refractivity contribution is -0.132. The standard InChI is InChI=1S/C11H14N2O2S/c1-2-8(11(14)15)4-6-16-10-3-5-13-7-9(10)12/h3-5,7H,2,6,12H2,1H3,(H,14,15). The Labute approximate surface area is 98.6 Å². The van der Waals surface area contributed by atoms with Crippen LogP contribution >= 0.6 is 11.8 Å². The molecule has 0 fully saturated rings. The van der Waals surface area contributed by atoms with Gasteiger partial charge in [0.1, 0.15) is 0 Å². The van der Waals surface area contributed by atoms with E-state index < -0.39 is 5.97 Å². The van der Waals surface area contributed by atoms with Gasteiger partial charge in [-0.3, -0.25) is 4.98 Å². The Morgan fingerprint density at radius 1 is 1.69 bits per heavy atom. The lowest BCUT2D eigenvalue weighted by Gasteiger charge is -2.02. The fraction of sp³-hybridized carbons (Fsp3) is 0.273. The van der Waals surface area contributed by atoms with E-state index >= 15 is 0 Å². The third-order valence-corrected chi connectivity index (χ3v) is 3.05. The van der Waals surface area contributed by atoms with E-state index in [1.807, 2.05) is 13.0 Å². The number of pyridine rings is 1. The Hall–Kier alpha value is -1.49. The van der Waals surface area contributed by atoms with E-state index in [0.29, 0.717) is 23.4 Å². The van der Waals surface area contributed by atoms with Gasteiger partial charge in [0.2, 0.25) is 0 Å². The first-order valence-electron chi connectivity index (χ1n) is 4.89. The number of aromatic nitrogens is 1. The molecular formula is C11H14N2O2S. The molecule has 0 aliphatic carbocycles. The average Bonchev–Trinajstić information content (AvgIpc) is 2.26. The van der Waals surface area contributed by atoms with Crippen molar-refractivity contribution in [2.24, 2.45) is 0 Å². The van der Waals surface area contributed by atoms with E-state index in [-0.39, 0.29) is 0 Å². The minimum Gasteiger partial charge on any atom is -0.478 e. The van der Waals surface area contributed by atoms with Crippen LogP contribution in [0, 0.1) is 0 Å². The van der Waals surface area contributed by atoms with Crippen molar-refractivity contribution < 1.29 is 9.90 Å². The number of hydrogen-bond acceptors (Lipinski definition) is 4. The van der Waals surface area contributed by atoms with Crippen molar-refractivity contribution >= 4 is 23.4 Å². The van der Waals surface area contributed by atoms with Crippen LogP contribution in [0.4, 0.5) is 5.69 Å². The average molecular weight is 238 g/mol. The molecule has 0 aromatic carbocycles. The number of thioether (sulfide) groups is 1. The Morgan fingerprint density at radius 2 is 2.44 bits per heavy atom. The van der Waals surface area contributed by atoms with Gasteiger partial charge in [-0.25, -0.2) is 4.79 Å². The first kappa shape index (κ1) is 12.6. The van der Waals surface area contributed by atoms with Crippen LogP contribution in [-0.2, 0) is 4.79 Å². The second-order valence-corrected chi connectivity index (χ2v) is 4.17. The van der Waals surface area contributed by atoms with Crippen LogP contribution in [0.2, 0.25) is 0 Å². The fourth-order valence-corrected chi connectivity index (χ4v) is 1.98. The van der Waals surface area contributed by atoms with Crippen LogP contribution in [0.3, 0.4) is 0 Å². The zero-order valence-electron chi connectivity index (χ0n) is 9.01. The van der Waals surface area contributed by atoms with E-state index in [4.69, 9.17) is 10.8 Å². The molecule has 0 aliphatic heterocycles. The highest BCUT2D eigenvalue weighted by molar-refractivity contribution is 7.99. The molecule has 0 bridgehead atoms. The maximum atomic E-state index is 10.7. The highest BCUT2D eigenvalue weighted by Crippen LogP contribution is 2.23. The third kappa shape index (κ3) is 3.58. The number of aliphatic carboxylic acids is 1. The summed E-state index contributed by atoms with van der Waals surface area (Å²) in [5.74, 6) is -0.255. The molecule has 16 heavy (non-hydrogen) atoms. The van der Waals surface area contributed by atoms with Gasteiger partial charge in [0.25, 0.3) is 0 Å². The third-order valence-electron chi connectivity index (χ3n) is 2.03. The van der Waals surface area contributed by atoms with Crippen molar-refractivity contribution in [2.45, 2.75) is 18.2 Å². The maximum absolute atomic E-state index is 10.7. The summed E-state index contributed by atoms with van der Waals surface area (Å²) in [4.78, 5) is 15.5. The van der Waals surface area contributed by atoms with Gasteiger partial charge in [0, 0.05) is 22.4 Å². The summed E-state index contributed by atoms with van der Waals surface area (Å²) in [5, 5.41) is 8.81. The summed E-state index contributed by atoms with van der Waals surface area (Å²) in [6, 6.07) is 1.82. The zero-order chi connectivity index (χ0) is 12.0. The summed E-state index contributed by atoms with van der Waals surface area (Å²) < 4.78 is 0. The first-order valence-corrected chi connectivity index (χ1v) is 5.88. The molecule has 4 nitrogen and oxygen atoms in total. The van der Waals surface area contributed by atoms with E-state index in [2.05, 4.69) is 4.98 Å². The van der Waals surface area contributed by atoms with Gasteiger partial charge in [0.05, 0.1) is 11.9 Å². The molecule has 0 atom stereocenters. The molecule has 0 saturated carbocycles. The van der Waals surface area contributed by atoms with Crippen LogP contribution in [0.1, 0.15) is 13.3 Å². The van der Waals surface area contributed by atoms with Crippen molar-refractivity contribution in [1.29, 1.82) is 0 Å². The Morgan fingerprint density at radius 3 is 3.00 bits per heavy atom. The molecule has 1 rings (SSSR count). The predicted octanol–water partition coefficient (Wildman–Crippen LogP) is 2.18. The second-order valence-electron chi connectivity index (χ2n) is 3.11. The molecule has 0 spiro atoms. The van der Waals surface area contributed by atoms with Crippen molar-refractivity contribution in [2.75, 3.05) is 11.5 Å². The van der Waals surface area contributed by atoms with Gasteiger partial charge in [-0.1, -0.05) is 13.0 Å². The molecule has 5 heteroatoms. The number of carboxylic acid groups (broad SMARTS) is 1. The Balaban J connectivity index is 2.59. The number of nitrogens with zero attached hydrogens (tertiary/aromatic N) is 1. The summed E-state index contributed by atoms with van der Waals surface area (Å²) in [6.07, 6.45) is 5.50. The molecule has 86 valence electrons. The Bertz CT molecular complexity index is 405. The van der Waals surface area contributed by atoms with Gasteiger partial charge < -0.3 is 10.8 Å². The summed E-state index contributed by atoms with van der Waals surface area (Å²) in [7, 11) is 0. The zero-order valence-corrected chi connectivity index (χ0v) is 9.83. The van der Waals surface area contributed by atoms with Crippen LogP contribution in [0.15, 0.2) is 35.0 Å². The molecule has 0 saturated heterocycles. The van der Waals surface area contributed by atoms with Gasteiger partial charge in [-0.05, 0) is 12.5 Å². The lowest BCUT2D eigenvalue weighted by Crippen LogP contribution is -1.99. The van der Waals surface area contributed by atoms with Crippen molar-refractivity contribution in [3.05, 3.63) is 30.1 Å². The number of nitrogens with two attached hydrogens (primary N) is 1. The minimum atomic E-state index is -0.856. The number of nitrogen functional groups attached to an aromatic ring is 1. The number of hydrogen-bond donors (Lipinski definition) is 2. The quantitative estimate of drug-likeness (QED) is 0.607. The van der Waals surface area contributed by atoms with E-state index in [1.165, 1.54) is 11.8 Å². The van der Waals surface area contributed by atoms with Crippen molar-refractivity contribution in [3.8, 4) is 0 Å². The first-order chi connectivity index (χ1) is 7.65. The smallest absolute Gasteiger partial charge is 0.331 e. The monoisotopic (exact) mass is 238 g/mol. The largest absolute Gasteiger partial charge is 0.478 e. The number of anilines is 1. The molecule has 0 radical (unpaired) electrons. The van der Waals surface area contributed by atoms with Gasteiger partial charge in [-0.15, -0.1) is 11.8 Å². The van der Waals surface area contributed by atoms with Crippen molar-refractivity contribution in [1.82, 2.24) is 4.98 Å². The Kier molecular flexibility index (Phi) is 4.85. The maximum Gasteiger partial charge on any atom is 0.331 e. The van der Waals surface area contributed by atoms with Crippen LogP contribution in [0.25, 0.3) is 0 Å². The summed E-state index contributed by atoms with van der Waals surface area (Å²) in [5.41, 5.74) is 6.76. The highest BCUT2D eigenvalue weighted by Gasteiger charge is 2.03. The summed E-state index contributed by atoms with van der Waals surface area (Å²) in [6.45, 7) is 1.82. The second kappa shape index (κ2) is 6.17. The molecule has 1 aromatic rings. The predicted molar refractivity (Wildman–Crippen MR) is 65.4 cm³/mol. The van der Waals surface area contributed by atoms with Crippen LogP contribution in [0.5, 0.6) is 0 Å². The molecule has 0 aliphatic rings. The molecular weight excluding hydrogens is 224 g/mol. The SMILES string of the molecule is CCC(=CCSc1ccncc1N)C(=O)O. The van der Waals surface area contributed by atoms with Crippen LogP contribution in [-0.4, -0.2) is 21.8 Å². The lowest BCUT2D eigenvalue weighted by atomic mass is 10.2. The summed E-state index contributed by atoms with van der Waals surface area (Å²) >= 11 is 1.50. The minimum absolute atomic E-state index is 0.431. The highest BCUT2D eigenvalue weighted by atomic mass is 32.2. The number of carboxylic acids is 1. The van der Waals surface area contributed by atoms with Gasteiger partial charge >= 0.3 is 5.97 Å².